The van der Waals surface area contributed by atoms with Crippen LogP contribution in [0.5, 0.6) is 0 Å². The molecule has 0 aliphatic carbocycles. The normalized spacial score (nSPS) is 12.5. The molecule has 3 aromatic rings. The van der Waals surface area contributed by atoms with Gasteiger partial charge in [-0.15, -0.1) is 0 Å². The fraction of sp³-hybridized carbons (Fsp3) is 0.310. The van der Waals surface area contributed by atoms with Crippen molar-refractivity contribution in [2.24, 2.45) is 0 Å². The van der Waals surface area contributed by atoms with Crippen LogP contribution in [-0.2, 0) is 32.6 Å². The lowest BCUT2D eigenvalue weighted by molar-refractivity contribution is -0.140. The number of benzene rings is 3. The molecule has 0 saturated heterocycles. The van der Waals surface area contributed by atoms with Crippen LogP contribution in [0.1, 0.15) is 31.9 Å². The van der Waals surface area contributed by atoms with Crippen molar-refractivity contribution in [2.45, 2.75) is 45.3 Å². The first kappa shape index (κ1) is 31.4. The van der Waals surface area contributed by atoms with Crippen LogP contribution < -0.4 is 9.62 Å². The van der Waals surface area contributed by atoms with E-state index in [0.717, 1.165) is 28.3 Å². The van der Waals surface area contributed by atoms with E-state index in [1.54, 1.807) is 18.2 Å². The molecule has 1 N–H and O–H groups in total. The number of nitrogens with zero attached hydrogens (tertiary/aromatic N) is 2. The molecule has 3 rings (SSSR count). The number of hydrogen-bond donors (Lipinski definition) is 1. The van der Waals surface area contributed by atoms with Crippen molar-refractivity contribution in [3.63, 3.8) is 0 Å². The smallest absolute Gasteiger partial charge is 0.244 e. The average Bonchev–Trinajstić information content (AvgIpc) is 2.85. The highest BCUT2D eigenvalue weighted by Gasteiger charge is 2.35. The van der Waals surface area contributed by atoms with Crippen molar-refractivity contribution in [3.8, 4) is 0 Å². The summed E-state index contributed by atoms with van der Waals surface area (Å²) in [4.78, 5) is 29.1. The first-order valence-electron chi connectivity index (χ1n) is 12.5. The summed E-state index contributed by atoms with van der Waals surface area (Å²) >= 11 is 12.9. The Balaban J connectivity index is 2.11. The summed E-state index contributed by atoms with van der Waals surface area (Å²) < 4.78 is 40.0. The Hall–Kier alpha value is -3.14. The van der Waals surface area contributed by atoms with Crippen molar-refractivity contribution in [3.05, 3.63) is 99.8 Å². The van der Waals surface area contributed by atoms with E-state index < -0.39 is 45.8 Å². The second-order valence-electron chi connectivity index (χ2n) is 10.4. The number of anilines is 1. The van der Waals surface area contributed by atoms with Crippen molar-refractivity contribution < 1.29 is 22.4 Å². The zero-order valence-electron chi connectivity index (χ0n) is 22.7. The maximum absolute atomic E-state index is 14.0. The molecule has 0 aromatic heterocycles. The Labute approximate surface area is 244 Å². The van der Waals surface area contributed by atoms with Gasteiger partial charge in [0.25, 0.3) is 0 Å². The number of sulfonamides is 1. The van der Waals surface area contributed by atoms with E-state index in [-0.39, 0.29) is 18.7 Å². The van der Waals surface area contributed by atoms with Crippen molar-refractivity contribution in [2.75, 3.05) is 17.1 Å². The zero-order valence-corrected chi connectivity index (χ0v) is 25.0. The average molecular weight is 609 g/mol. The molecule has 3 aromatic carbocycles. The quantitative estimate of drug-likeness (QED) is 0.332. The Morgan fingerprint density at radius 2 is 1.50 bits per heavy atom. The molecule has 1 unspecified atom stereocenters. The lowest BCUT2D eigenvalue weighted by Gasteiger charge is -2.35. The third-order valence-electron chi connectivity index (χ3n) is 5.95. The summed E-state index contributed by atoms with van der Waals surface area (Å²) in [5.74, 6) is -1.66. The molecular weight excluding hydrogens is 576 g/mol. The van der Waals surface area contributed by atoms with Crippen LogP contribution in [0.3, 0.4) is 0 Å². The van der Waals surface area contributed by atoms with E-state index in [4.69, 9.17) is 23.2 Å². The van der Waals surface area contributed by atoms with Gasteiger partial charge in [0.2, 0.25) is 21.8 Å². The molecule has 0 heterocycles. The Kier molecular flexibility index (Phi) is 10.2. The van der Waals surface area contributed by atoms with E-state index in [2.05, 4.69) is 5.32 Å². The number of nitrogens with one attached hydrogen (secondary N) is 1. The SMILES string of the molecule is CC(C)(C)NC(=O)C(Cc1ccccc1)N(Cc1c(Cl)cccc1Cl)C(=O)CN(c1ccc(F)cc1)S(C)(=O)=O. The molecule has 7 nitrogen and oxygen atoms in total. The standard InChI is InChI=1S/C29H32Cl2FN3O4S/c1-29(2,3)33-28(37)26(17-20-9-6-5-7-10-20)34(18-23-24(30)11-8-12-25(23)31)27(36)19-35(40(4,38)39)22-15-13-21(32)14-16-22/h5-16,26H,17-19H2,1-4H3,(H,33,37). The zero-order chi connectivity index (χ0) is 29.7. The summed E-state index contributed by atoms with van der Waals surface area (Å²) in [7, 11) is -3.97. The predicted molar refractivity (Wildman–Crippen MR) is 157 cm³/mol. The minimum absolute atomic E-state index is 0.103. The van der Waals surface area contributed by atoms with E-state index in [1.807, 2.05) is 51.1 Å². The van der Waals surface area contributed by atoms with E-state index >= 15 is 0 Å². The van der Waals surface area contributed by atoms with Gasteiger partial charge < -0.3 is 10.2 Å². The van der Waals surface area contributed by atoms with Crippen LogP contribution in [0.25, 0.3) is 0 Å². The molecule has 0 bridgehead atoms. The topological polar surface area (TPSA) is 86.8 Å². The third kappa shape index (κ3) is 8.68. The predicted octanol–water partition coefficient (Wildman–Crippen LogP) is 5.45. The van der Waals surface area contributed by atoms with E-state index in [1.165, 1.54) is 17.0 Å². The lowest BCUT2D eigenvalue weighted by atomic mass is 10.0. The van der Waals surface area contributed by atoms with Crippen LogP contribution in [0.2, 0.25) is 10.0 Å². The highest BCUT2D eigenvalue weighted by molar-refractivity contribution is 7.92. The summed E-state index contributed by atoms with van der Waals surface area (Å²) in [5, 5.41) is 3.52. The molecule has 0 aliphatic rings. The highest BCUT2D eigenvalue weighted by atomic mass is 35.5. The van der Waals surface area contributed by atoms with Gasteiger partial charge in [-0.25, -0.2) is 12.8 Å². The van der Waals surface area contributed by atoms with E-state index in [0.29, 0.717) is 15.6 Å². The molecule has 0 aliphatic heterocycles. The van der Waals surface area contributed by atoms with Gasteiger partial charge in [0.1, 0.15) is 18.4 Å². The molecule has 0 fully saturated rings. The van der Waals surface area contributed by atoms with Gasteiger partial charge in [-0.2, -0.15) is 0 Å². The third-order valence-corrected chi connectivity index (χ3v) is 7.80. The van der Waals surface area contributed by atoms with E-state index in [9.17, 15) is 22.4 Å². The second-order valence-corrected chi connectivity index (χ2v) is 13.1. The molecule has 40 heavy (non-hydrogen) atoms. The largest absolute Gasteiger partial charge is 0.350 e. The van der Waals surface area contributed by atoms with Gasteiger partial charge in [0.15, 0.2) is 0 Å². The van der Waals surface area contributed by atoms with Gasteiger partial charge in [-0.3, -0.25) is 13.9 Å². The number of halogens is 3. The fourth-order valence-electron chi connectivity index (χ4n) is 4.08. The van der Waals surface area contributed by atoms with Crippen LogP contribution in [0.15, 0.2) is 72.8 Å². The second kappa shape index (κ2) is 13.0. The van der Waals surface area contributed by atoms with Gasteiger partial charge in [-0.05, 0) is 62.7 Å². The van der Waals surface area contributed by atoms with Crippen LogP contribution >= 0.6 is 23.2 Å². The summed E-state index contributed by atoms with van der Waals surface area (Å²) in [6.45, 7) is 4.67. The lowest BCUT2D eigenvalue weighted by Crippen LogP contribution is -2.56. The summed E-state index contributed by atoms with van der Waals surface area (Å²) in [6, 6.07) is 17.8. The first-order chi connectivity index (χ1) is 18.7. The van der Waals surface area contributed by atoms with Gasteiger partial charge in [-0.1, -0.05) is 59.6 Å². The van der Waals surface area contributed by atoms with Crippen molar-refractivity contribution in [1.29, 1.82) is 0 Å². The monoisotopic (exact) mass is 607 g/mol. The molecule has 11 heteroatoms. The molecule has 214 valence electrons. The number of amides is 2. The summed E-state index contributed by atoms with van der Waals surface area (Å²) in [5.41, 5.74) is 0.689. The number of carbonyl (C=O) groups excluding carboxylic acids is 2. The first-order valence-corrected chi connectivity index (χ1v) is 15.1. The Morgan fingerprint density at radius 1 is 0.925 bits per heavy atom. The molecule has 0 saturated carbocycles. The van der Waals surface area contributed by atoms with Gasteiger partial charge >= 0.3 is 0 Å². The molecule has 2 amide bonds. The van der Waals surface area contributed by atoms with Gasteiger partial charge in [0.05, 0.1) is 11.9 Å². The molecule has 0 spiro atoms. The fourth-order valence-corrected chi connectivity index (χ4v) is 5.45. The Morgan fingerprint density at radius 3 is 2.02 bits per heavy atom. The van der Waals surface area contributed by atoms with Crippen molar-refractivity contribution in [1.82, 2.24) is 10.2 Å². The minimum Gasteiger partial charge on any atom is -0.350 e. The molecular formula is C29H32Cl2FN3O4S. The van der Waals surface area contributed by atoms with Gasteiger partial charge in [0, 0.05) is 34.1 Å². The maximum atomic E-state index is 14.0. The van der Waals surface area contributed by atoms with Crippen LogP contribution in [0, 0.1) is 5.82 Å². The number of carbonyl (C=O) groups is 2. The summed E-state index contributed by atoms with van der Waals surface area (Å²) in [6.07, 6.45) is 1.10. The molecule has 1 atom stereocenters. The minimum atomic E-state index is -3.97. The number of rotatable bonds is 10. The highest BCUT2D eigenvalue weighted by Crippen LogP contribution is 2.28. The van der Waals surface area contributed by atoms with Crippen LogP contribution in [-0.4, -0.2) is 49.5 Å². The van der Waals surface area contributed by atoms with Crippen LogP contribution in [0.4, 0.5) is 10.1 Å². The number of hydrogen-bond acceptors (Lipinski definition) is 4. The van der Waals surface area contributed by atoms with Crippen molar-refractivity contribution >= 4 is 50.7 Å². The Bertz CT molecular complexity index is 1430. The molecule has 0 radical (unpaired) electrons. The maximum Gasteiger partial charge on any atom is 0.244 e.